The van der Waals surface area contributed by atoms with Crippen LogP contribution in [0.4, 0.5) is 0 Å². The molecule has 1 aromatic carbocycles. The Bertz CT molecular complexity index is 276. The van der Waals surface area contributed by atoms with Crippen LogP contribution in [0.3, 0.4) is 0 Å². The van der Waals surface area contributed by atoms with Crippen molar-refractivity contribution in [3.8, 4) is 0 Å². The van der Waals surface area contributed by atoms with Gasteiger partial charge in [0.05, 0.1) is 10.0 Å². The highest BCUT2D eigenvalue weighted by Gasteiger charge is 2.09. The highest BCUT2D eigenvalue weighted by atomic mass is 35.5. The predicted octanol–water partition coefficient (Wildman–Crippen LogP) is 2.52. The minimum Gasteiger partial charge on any atom is -0.271 e. The third kappa shape index (κ3) is 1.90. The number of rotatable bonds is 2. The summed E-state index contributed by atoms with van der Waals surface area (Å²) >= 11 is 11.8. The van der Waals surface area contributed by atoms with E-state index in [1.54, 1.807) is 6.07 Å². The Morgan fingerprint density at radius 1 is 1.42 bits per heavy atom. The molecule has 1 unspecified atom stereocenters. The molecule has 0 radical (unpaired) electrons. The van der Waals surface area contributed by atoms with Gasteiger partial charge in [-0.05, 0) is 18.6 Å². The topological polar surface area (TPSA) is 38.0 Å². The van der Waals surface area contributed by atoms with E-state index in [-0.39, 0.29) is 6.04 Å². The van der Waals surface area contributed by atoms with E-state index in [0.717, 1.165) is 5.56 Å². The van der Waals surface area contributed by atoms with Gasteiger partial charge in [-0.2, -0.15) is 0 Å². The van der Waals surface area contributed by atoms with E-state index in [0.29, 0.717) is 10.0 Å². The van der Waals surface area contributed by atoms with Crippen LogP contribution in [-0.2, 0) is 0 Å². The third-order valence-corrected chi connectivity index (χ3v) is 2.53. The highest BCUT2D eigenvalue weighted by Crippen LogP contribution is 2.29. The summed E-state index contributed by atoms with van der Waals surface area (Å²) in [5.74, 6) is 5.27. The molecule has 0 saturated carbocycles. The number of halogens is 2. The molecule has 12 heavy (non-hydrogen) atoms. The van der Waals surface area contributed by atoms with Gasteiger partial charge in [0.1, 0.15) is 0 Å². The van der Waals surface area contributed by atoms with Crippen LogP contribution in [-0.4, -0.2) is 0 Å². The zero-order chi connectivity index (χ0) is 9.14. The van der Waals surface area contributed by atoms with Crippen LogP contribution in [0.15, 0.2) is 18.2 Å². The SMILES string of the molecule is CC(NN)c1cccc(Cl)c1Cl. The van der Waals surface area contributed by atoms with Gasteiger partial charge >= 0.3 is 0 Å². The molecule has 66 valence electrons. The van der Waals surface area contributed by atoms with Crippen molar-refractivity contribution in [3.63, 3.8) is 0 Å². The van der Waals surface area contributed by atoms with E-state index in [4.69, 9.17) is 29.0 Å². The Labute approximate surface area is 81.6 Å². The first-order valence-corrected chi connectivity index (χ1v) is 4.32. The van der Waals surface area contributed by atoms with Crippen LogP contribution >= 0.6 is 23.2 Å². The molecule has 0 fully saturated rings. The lowest BCUT2D eigenvalue weighted by Gasteiger charge is -2.12. The van der Waals surface area contributed by atoms with Gasteiger partial charge in [0.25, 0.3) is 0 Å². The molecule has 0 aliphatic carbocycles. The summed E-state index contributed by atoms with van der Waals surface area (Å²) in [5, 5.41) is 1.11. The van der Waals surface area contributed by atoms with Gasteiger partial charge in [-0.15, -0.1) is 0 Å². The third-order valence-electron chi connectivity index (χ3n) is 1.70. The van der Waals surface area contributed by atoms with E-state index in [2.05, 4.69) is 5.43 Å². The van der Waals surface area contributed by atoms with E-state index < -0.39 is 0 Å². The van der Waals surface area contributed by atoms with Crippen LogP contribution in [0.25, 0.3) is 0 Å². The maximum Gasteiger partial charge on any atom is 0.0640 e. The van der Waals surface area contributed by atoms with Crippen molar-refractivity contribution in [1.82, 2.24) is 5.43 Å². The number of hydrazine groups is 1. The zero-order valence-corrected chi connectivity index (χ0v) is 8.15. The molecular weight excluding hydrogens is 195 g/mol. The fourth-order valence-corrected chi connectivity index (χ4v) is 1.42. The summed E-state index contributed by atoms with van der Waals surface area (Å²) in [6, 6.07) is 5.49. The van der Waals surface area contributed by atoms with Gasteiger partial charge < -0.3 is 0 Å². The van der Waals surface area contributed by atoms with E-state index in [1.165, 1.54) is 0 Å². The van der Waals surface area contributed by atoms with Gasteiger partial charge in [0.15, 0.2) is 0 Å². The van der Waals surface area contributed by atoms with Crippen LogP contribution in [0.1, 0.15) is 18.5 Å². The number of hydrogen-bond donors (Lipinski definition) is 2. The molecule has 0 amide bonds. The van der Waals surface area contributed by atoms with Gasteiger partial charge in [-0.3, -0.25) is 11.3 Å². The first-order valence-electron chi connectivity index (χ1n) is 3.57. The second-order valence-corrected chi connectivity index (χ2v) is 3.32. The van der Waals surface area contributed by atoms with Crippen LogP contribution in [0.5, 0.6) is 0 Å². The summed E-state index contributed by atoms with van der Waals surface area (Å²) < 4.78 is 0. The smallest absolute Gasteiger partial charge is 0.0640 e. The lowest BCUT2D eigenvalue weighted by atomic mass is 10.1. The molecule has 1 aromatic rings. The number of nitrogens with two attached hydrogens (primary N) is 1. The van der Waals surface area contributed by atoms with Gasteiger partial charge in [0, 0.05) is 6.04 Å². The minimum absolute atomic E-state index is 0.0104. The van der Waals surface area contributed by atoms with Crippen molar-refractivity contribution in [2.75, 3.05) is 0 Å². The molecule has 1 atom stereocenters. The Morgan fingerprint density at radius 2 is 2.08 bits per heavy atom. The van der Waals surface area contributed by atoms with Crippen molar-refractivity contribution >= 4 is 23.2 Å². The molecule has 0 bridgehead atoms. The van der Waals surface area contributed by atoms with Crippen LogP contribution in [0.2, 0.25) is 10.0 Å². The lowest BCUT2D eigenvalue weighted by molar-refractivity contribution is 0.603. The Balaban J connectivity index is 3.07. The summed E-state index contributed by atoms with van der Waals surface area (Å²) in [4.78, 5) is 0. The van der Waals surface area contributed by atoms with Gasteiger partial charge in [-0.1, -0.05) is 35.3 Å². The molecule has 0 aliphatic rings. The predicted molar refractivity (Wildman–Crippen MR) is 52.2 cm³/mol. The fraction of sp³-hybridized carbons (Fsp3) is 0.250. The van der Waals surface area contributed by atoms with Crippen molar-refractivity contribution < 1.29 is 0 Å². The van der Waals surface area contributed by atoms with Crippen molar-refractivity contribution in [2.24, 2.45) is 5.84 Å². The molecule has 2 nitrogen and oxygen atoms in total. The zero-order valence-electron chi connectivity index (χ0n) is 6.64. The molecule has 0 heterocycles. The van der Waals surface area contributed by atoms with Gasteiger partial charge in [-0.25, -0.2) is 0 Å². The Morgan fingerprint density at radius 3 is 2.67 bits per heavy atom. The minimum atomic E-state index is 0.0104. The first-order chi connectivity index (χ1) is 5.66. The normalized spacial score (nSPS) is 13.0. The average Bonchev–Trinajstić information content (AvgIpc) is 2.08. The van der Waals surface area contributed by atoms with E-state index >= 15 is 0 Å². The molecular formula is C8H10Cl2N2. The van der Waals surface area contributed by atoms with Crippen molar-refractivity contribution in [2.45, 2.75) is 13.0 Å². The van der Waals surface area contributed by atoms with E-state index in [9.17, 15) is 0 Å². The summed E-state index contributed by atoms with van der Waals surface area (Å²) in [5.41, 5.74) is 3.52. The number of benzene rings is 1. The largest absolute Gasteiger partial charge is 0.271 e. The molecule has 0 spiro atoms. The van der Waals surface area contributed by atoms with Crippen molar-refractivity contribution in [3.05, 3.63) is 33.8 Å². The Kier molecular flexibility index (Phi) is 3.35. The van der Waals surface area contributed by atoms with Gasteiger partial charge in [0.2, 0.25) is 0 Å². The quantitative estimate of drug-likeness (QED) is 0.575. The average molecular weight is 205 g/mol. The summed E-state index contributed by atoms with van der Waals surface area (Å²) in [7, 11) is 0. The molecule has 0 aliphatic heterocycles. The molecule has 0 aromatic heterocycles. The number of hydrogen-bond acceptors (Lipinski definition) is 2. The standard InChI is InChI=1S/C8H10Cl2N2/c1-5(12-11)6-3-2-4-7(9)8(6)10/h2-5,12H,11H2,1H3. The summed E-state index contributed by atoms with van der Waals surface area (Å²) in [6.07, 6.45) is 0. The molecule has 1 rings (SSSR count). The molecule has 0 saturated heterocycles. The monoisotopic (exact) mass is 204 g/mol. The van der Waals surface area contributed by atoms with E-state index in [1.807, 2.05) is 19.1 Å². The maximum absolute atomic E-state index is 5.94. The van der Waals surface area contributed by atoms with Crippen molar-refractivity contribution in [1.29, 1.82) is 0 Å². The second kappa shape index (κ2) is 4.10. The Hall–Kier alpha value is -0.280. The van der Waals surface area contributed by atoms with Crippen LogP contribution in [0, 0.1) is 0 Å². The fourth-order valence-electron chi connectivity index (χ4n) is 0.945. The molecule has 3 N–H and O–H groups in total. The van der Waals surface area contributed by atoms with Crippen LogP contribution < -0.4 is 11.3 Å². The number of nitrogens with one attached hydrogen (secondary N) is 1. The highest BCUT2D eigenvalue weighted by molar-refractivity contribution is 6.42. The second-order valence-electron chi connectivity index (χ2n) is 2.53. The lowest BCUT2D eigenvalue weighted by Crippen LogP contribution is -2.25. The summed E-state index contributed by atoms with van der Waals surface area (Å²) in [6.45, 7) is 1.91. The first kappa shape index (κ1) is 9.81. The maximum atomic E-state index is 5.94. The molecule has 4 heteroatoms.